The van der Waals surface area contributed by atoms with Gasteiger partial charge in [-0.15, -0.1) is 0 Å². The summed E-state index contributed by atoms with van der Waals surface area (Å²) in [5.41, 5.74) is -0.124. The number of piperidine rings is 2. The quantitative estimate of drug-likeness (QED) is 0.892. The van der Waals surface area contributed by atoms with Crippen molar-refractivity contribution in [3.05, 3.63) is 35.4 Å². The SMILES string of the molecule is CN1CCC(NC(=O)C2CCN(C(=O)c3ccc(F)cc3F)CC2)CC1. The van der Waals surface area contributed by atoms with Crippen LogP contribution in [0.1, 0.15) is 36.0 Å². The summed E-state index contributed by atoms with van der Waals surface area (Å²) in [4.78, 5) is 28.7. The van der Waals surface area contributed by atoms with Crippen LogP contribution in [0.2, 0.25) is 0 Å². The van der Waals surface area contributed by atoms with Gasteiger partial charge in [0.05, 0.1) is 5.56 Å². The third-order valence-electron chi connectivity index (χ3n) is 5.38. The number of hydrogen-bond acceptors (Lipinski definition) is 3. The van der Waals surface area contributed by atoms with Gasteiger partial charge in [0, 0.05) is 31.1 Å². The van der Waals surface area contributed by atoms with E-state index in [0.29, 0.717) is 25.9 Å². The maximum Gasteiger partial charge on any atom is 0.256 e. The largest absolute Gasteiger partial charge is 0.353 e. The van der Waals surface area contributed by atoms with Crippen LogP contribution < -0.4 is 5.32 Å². The molecule has 0 aliphatic carbocycles. The van der Waals surface area contributed by atoms with Crippen LogP contribution in [0, 0.1) is 17.6 Å². The van der Waals surface area contributed by atoms with Crippen molar-refractivity contribution in [2.24, 2.45) is 5.92 Å². The number of rotatable bonds is 3. The fourth-order valence-corrected chi connectivity index (χ4v) is 3.65. The number of nitrogens with zero attached hydrogens (tertiary/aromatic N) is 2. The van der Waals surface area contributed by atoms with Crippen LogP contribution in [-0.2, 0) is 4.79 Å². The van der Waals surface area contributed by atoms with Crippen molar-refractivity contribution in [3.63, 3.8) is 0 Å². The molecule has 26 heavy (non-hydrogen) atoms. The number of hydrogen-bond donors (Lipinski definition) is 1. The van der Waals surface area contributed by atoms with Crippen LogP contribution in [-0.4, -0.2) is 60.9 Å². The molecule has 1 N–H and O–H groups in total. The van der Waals surface area contributed by atoms with Crippen molar-refractivity contribution in [1.29, 1.82) is 0 Å². The molecular weight excluding hydrogens is 340 g/mol. The van der Waals surface area contributed by atoms with Crippen molar-refractivity contribution < 1.29 is 18.4 Å². The van der Waals surface area contributed by atoms with Gasteiger partial charge in [-0.1, -0.05) is 0 Å². The minimum Gasteiger partial charge on any atom is -0.353 e. The van der Waals surface area contributed by atoms with Gasteiger partial charge in [0.15, 0.2) is 0 Å². The molecule has 0 unspecified atom stereocenters. The summed E-state index contributed by atoms with van der Waals surface area (Å²) < 4.78 is 26.8. The smallest absolute Gasteiger partial charge is 0.256 e. The topological polar surface area (TPSA) is 52.7 Å². The average Bonchev–Trinajstić information content (AvgIpc) is 2.63. The van der Waals surface area contributed by atoms with E-state index in [4.69, 9.17) is 0 Å². The molecule has 2 aliphatic rings. The predicted molar refractivity (Wildman–Crippen MR) is 93.6 cm³/mol. The highest BCUT2D eigenvalue weighted by Gasteiger charge is 2.30. The molecule has 2 heterocycles. The van der Waals surface area contributed by atoms with E-state index in [-0.39, 0.29) is 23.4 Å². The molecular formula is C19H25F2N3O2. The van der Waals surface area contributed by atoms with Gasteiger partial charge >= 0.3 is 0 Å². The lowest BCUT2D eigenvalue weighted by molar-refractivity contribution is -0.127. The van der Waals surface area contributed by atoms with Crippen LogP contribution in [0.4, 0.5) is 8.78 Å². The van der Waals surface area contributed by atoms with Gasteiger partial charge < -0.3 is 15.1 Å². The zero-order valence-electron chi connectivity index (χ0n) is 15.0. The lowest BCUT2D eigenvalue weighted by Gasteiger charge is -2.34. The third-order valence-corrected chi connectivity index (χ3v) is 5.38. The molecule has 0 spiro atoms. The molecule has 5 nitrogen and oxygen atoms in total. The van der Waals surface area contributed by atoms with Gasteiger partial charge in [-0.25, -0.2) is 8.78 Å². The van der Waals surface area contributed by atoms with E-state index in [9.17, 15) is 18.4 Å². The summed E-state index contributed by atoms with van der Waals surface area (Å²) in [7, 11) is 2.08. The molecule has 2 fully saturated rings. The van der Waals surface area contributed by atoms with E-state index in [0.717, 1.165) is 38.1 Å². The van der Waals surface area contributed by atoms with Gasteiger partial charge in [-0.2, -0.15) is 0 Å². The monoisotopic (exact) mass is 365 g/mol. The molecule has 2 amide bonds. The molecule has 0 aromatic heterocycles. The Hall–Kier alpha value is -2.02. The van der Waals surface area contributed by atoms with Crippen molar-refractivity contribution >= 4 is 11.8 Å². The van der Waals surface area contributed by atoms with Crippen LogP contribution in [0.15, 0.2) is 18.2 Å². The molecule has 0 radical (unpaired) electrons. The second-order valence-electron chi connectivity index (χ2n) is 7.28. The highest BCUT2D eigenvalue weighted by atomic mass is 19.1. The Morgan fingerprint density at radius 2 is 1.69 bits per heavy atom. The molecule has 2 saturated heterocycles. The second-order valence-corrected chi connectivity index (χ2v) is 7.28. The molecule has 3 rings (SSSR count). The van der Waals surface area contributed by atoms with Crippen molar-refractivity contribution in [1.82, 2.24) is 15.1 Å². The summed E-state index contributed by atoms with van der Waals surface area (Å²) in [5.74, 6) is -2.06. The van der Waals surface area contributed by atoms with Crippen molar-refractivity contribution in [3.8, 4) is 0 Å². The molecule has 142 valence electrons. The van der Waals surface area contributed by atoms with Gasteiger partial charge in [-0.05, 0) is 58.0 Å². The highest BCUT2D eigenvalue weighted by molar-refractivity contribution is 5.94. The Morgan fingerprint density at radius 1 is 1.04 bits per heavy atom. The number of nitrogens with one attached hydrogen (secondary N) is 1. The zero-order chi connectivity index (χ0) is 18.7. The van der Waals surface area contributed by atoms with E-state index in [2.05, 4.69) is 17.3 Å². The zero-order valence-corrected chi connectivity index (χ0v) is 15.0. The first kappa shape index (κ1) is 18.8. The molecule has 7 heteroatoms. The minimum atomic E-state index is -0.850. The Labute approximate surface area is 152 Å². The maximum absolute atomic E-state index is 13.8. The summed E-state index contributed by atoms with van der Waals surface area (Å²) in [6.07, 6.45) is 3.05. The second kappa shape index (κ2) is 8.12. The maximum atomic E-state index is 13.8. The van der Waals surface area contributed by atoms with Crippen LogP contribution >= 0.6 is 0 Å². The van der Waals surface area contributed by atoms with Crippen LogP contribution in [0.25, 0.3) is 0 Å². The Bertz CT molecular complexity index is 667. The van der Waals surface area contributed by atoms with Gasteiger partial charge in [0.2, 0.25) is 5.91 Å². The van der Waals surface area contributed by atoms with Gasteiger partial charge in [-0.3, -0.25) is 9.59 Å². The molecule has 1 aromatic rings. The summed E-state index contributed by atoms with van der Waals surface area (Å²) >= 11 is 0. The number of carbonyl (C=O) groups excluding carboxylic acids is 2. The van der Waals surface area contributed by atoms with Gasteiger partial charge in [0.25, 0.3) is 5.91 Å². The first-order valence-corrected chi connectivity index (χ1v) is 9.17. The normalized spacial score (nSPS) is 20.2. The highest BCUT2D eigenvalue weighted by Crippen LogP contribution is 2.21. The fraction of sp³-hybridized carbons (Fsp3) is 0.579. The minimum absolute atomic E-state index is 0.0552. The number of halogens is 2. The Morgan fingerprint density at radius 3 is 2.31 bits per heavy atom. The summed E-state index contributed by atoms with van der Waals surface area (Å²) in [6.45, 7) is 2.78. The predicted octanol–water partition coefficient (Wildman–Crippen LogP) is 2.03. The standard InChI is InChI=1S/C19H25F2N3O2/c1-23-8-6-15(7-9-23)22-18(25)13-4-10-24(11-5-13)19(26)16-3-2-14(20)12-17(16)21/h2-3,12-13,15H,4-11H2,1H3,(H,22,25). The molecule has 2 aliphatic heterocycles. The molecule has 0 saturated carbocycles. The van der Waals surface area contributed by atoms with Crippen molar-refractivity contribution in [2.45, 2.75) is 31.7 Å². The molecule has 0 atom stereocenters. The Kier molecular flexibility index (Phi) is 5.86. The van der Waals surface area contributed by atoms with E-state index < -0.39 is 17.5 Å². The van der Waals surface area contributed by atoms with E-state index >= 15 is 0 Å². The van der Waals surface area contributed by atoms with E-state index in [1.165, 1.54) is 11.0 Å². The number of amides is 2. The summed E-state index contributed by atoms with van der Waals surface area (Å²) in [5, 5.41) is 3.13. The van der Waals surface area contributed by atoms with E-state index in [1.54, 1.807) is 0 Å². The van der Waals surface area contributed by atoms with Crippen molar-refractivity contribution in [2.75, 3.05) is 33.2 Å². The molecule has 1 aromatic carbocycles. The number of benzene rings is 1. The first-order chi connectivity index (χ1) is 12.4. The van der Waals surface area contributed by atoms with Gasteiger partial charge in [0.1, 0.15) is 11.6 Å². The third kappa shape index (κ3) is 4.38. The fourth-order valence-electron chi connectivity index (χ4n) is 3.65. The average molecular weight is 365 g/mol. The van der Waals surface area contributed by atoms with E-state index in [1.807, 2.05) is 0 Å². The number of carbonyl (C=O) groups is 2. The number of likely N-dealkylation sites (tertiary alicyclic amines) is 2. The lowest BCUT2D eigenvalue weighted by atomic mass is 9.94. The van der Waals surface area contributed by atoms with Crippen LogP contribution in [0.3, 0.4) is 0 Å². The first-order valence-electron chi connectivity index (χ1n) is 9.17. The summed E-state index contributed by atoms with van der Waals surface area (Å²) in [6, 6.07) is 3.20. The Balaban J connectivity index is 1.50. The van der Waals surface area contributed by atoms with Crippen LogP contribution in [0.5, 0.6) is 0 Å². The molecule has 0 bridgehead atoms. The lowest BCUT2D eigenvalue weighted by Crippen LogP contribution is -2.48.